The Balaban J connectivity index is 1.40. The molecule has 0 unspecified atom stereocenters. The van der Waals surface area contributed by atoms with Crippen molar-refractivity contribution >= 4 is 22.6 Å². The van der Waals surface area contributed by atoms with Crippen LogP contribution in [0.1, 0.15) is 36.0 Å². The first-order valence-corrected chi connectivity index (χ1v) is 9.87. The molecule has 5 heteroatoms. The topological polar surface area (TPSA) is 60.9 Å². The lowest BCUT2D eigenvalue weighted by molar-refractivity contribution is -0.138. The van der Waals surface area contributed by atoms with Gasteiger partial charge in [0.15, 0.2) is 0 Å². The highest BCUT2D eigenvalue weighted by Gasteiger charge is 2.32. The molecule has 2 amide bonds. The number of hydrogen-bond donors (Lipinski definition) is 1. The van der Waals surface area contributed by atoms with Crippen LogP contribution < -0.4 is 0 Å². The summed E-state index contributed by atoms with van der Waals surface area (Å²) in [5.41, 5.74) is 0.739. The van der Waals surface area contributed by atoms with E-state index in [2.05, 4.69) is 0 Å². The van der Waals surface area contributed by atoms with Crippen molar-refractivity contribution in [3.8, 4) is 0 Å². The van der Waals surface area contributed by atoms with Gasteiger partial charge in [-0.1, -0.05) is 36.4 Å². The molecule has 2 saturated heterocycles. The first kappa shape index (κ1) is 18.0. The molecule has 2 aliphatic heterocycles. The largest absolute Gasteiger partial charge is 0.393 e. The van der Waals surface area contributed by atoms with Crippen LogP contribution in [0, 0.1) is 5.92 Å². The Bertz CT molecular complexity index is 829. The van der Waals surface area contributed by atoms with Crippen molar-refractivity contribution in [2.75, 3.05) is 26.2 Å². The van der Waals surface area contributed by atoms with Gasteiger partial charge in [-0.2, -0.15) is 0 Å². The van der Waals surface area contributed by atoms with Gasteiger partial charge in [-0.25, -0.2) is 0 Å². The van der Waals surface area contributed by atoms with Crippen LogP contribution in [-0.2, 0) is 4.79 Å². The highest BCUT2D eigenvalue weighted by atomic mass is 16.3. The van der Waals surface area contributed by atoms with E-state index in [1.165, 1.54) is 0 Å². The van der Waals surface area contributed by atoms with E-state index in [9.17, 15) is 14.7 Å². The number of carbonyl (C=O) groups is 2. The average Bonchev–Trinajstić information content (AvgIpc) is 2.73. The molecule has 0 radical (unpaired) electrons. The summed E-state index contributed by atoms with van der Waals surface area (Å²) in [6, 6.07) is 13.8. The van der Waals surface area contributed by atoms with Gasteiger partial charge in [0.2, 0.25) is 5.91 Å². The van der Waals surface area contributed by atoms with Crippen LogP contribution in [0.5, 0.6) is 0 Å². The lowest BCUT2D eigenvalue weighted by Gasteiger charge is -2.36. The molecule has 27 heavy (non-hydrogen) atoms. The Morgan fingerprint density at radius 1 is 0.815 bits per heavy atom. The molecule has 2 fully saturated rings. The summed E-state index contributed by atoms with van der Waals surface area (Å²) < 4.78 is 0. The number of fused-ring (bicyclic) bond motifs is 1. The lowest BCUT2D eigenvalue weighted by atomic mass is 9.93. The van der Waals surface area contributed by atoms with Crippen molar-refractivity contribution in [3.05, 3.63) is 48.0 Å². The predicted octanol–water partition coefficient (Wildman–Crippen LogP) is 2.68. The number of hydrogen-bond acceptors (Lipinski definition) is 3. The van der Waals surface area contributed by atoms with Gasteiger partial charge in [0.1, 0.15) is 0 Å². The first-order valence-electron chi connectivity index (χ1n) is 9.87. The van der Waals surface area contributed by atoms with Gasteiger partial charge in [-0.3, -0.25) is 9.59 Å². The van der Waals surface area contributed by atoms with E-state index < -0.39 is 0 Å². The third-order valence-corrected chi connectivity index (χ3v) is 5.93. The molecule has 2 aromatic rings. The van der Waals surface area contributed by atoms with Gasteiger partial charge in [-0.15, -0.1) is 0 Å². The number of carbonyl (C=O) groups excluding carboxylic acids is 2. The summed E-state index contributed by atoms with van der Waals surface area (Å²) in [5, 5.41) is 11.7. The summed E-state index contributed by atoms with van der Waals surface area (Å²) in [4.78, 5) is 29.5. The van der Waals surface area contributed by atoms with E-state index in [4.69, 9.17) is 0 Å². The number of aliphatic hydroxyl groups is 1. The van der Waals surface area contributed by atoms with Crippen molar-refractivity contribution in [2.24, 2.45) is 5.92 Å². The fourth-order valence-corrected chi connectivity index (χ4v) is 4.26. The molecular formula is C22H26N2O3. The van der Waals surface area contributed by atoms with E-state index in [0.717, 1.165) is 16.3 Å². The molecule has 2 heterocycles. The van der Waals surface area contributed by atoms with E-state index >= 15 is 0 Å². The van der Waals surface area contributed by atoms with Gasteiger partial charge in [0, 0.05) is 37.7 Å². The molecule has 5 nitrogen and oxygen atoms in total. The van der Waals surface area contributed by atoms with Crippen LogP contribution in [0.3, 0.4) is 0 Å². The maximum Gasteiger partial charge on any atom is 0.254 e. The van der Waals surface area contributed by atoms with Crippen molar-refractivity contribution in [1.29, 1.82) is 0 Å². The van der Waals surface area contributed by atoms with Crippen LogP contribution in [-0.4, -0.2) is 59.0 Å². The summed E-state index contributed by atoms with van der Waals surface area (Å²) >= 11 is 0. The number of amides is 2. The Morgan fingerprint density at radius 3 is 2.19 bits per heavy atom. The minimum atomic E-state index is -0.269. The number of benzene rings is 2. The zero-order chi connectivity index (χ0) is 18.8. The molecule has 0 aliphatic carbocycles. The maximum atomic E-state index is 13.0. The molecule has 4 rings (SSSR count). The van der Waals surface area contributed by atoms with Gasteiger partial charge in [-0.05, 0) is 42.5 Å². The maximum absolute atomic E-state index is 13.0. The molecule has 0 saturated carbocycles. The third kappa shape index (κ3) is 3.69. The summed E-state index contributed by atoms with van der Waals surface area (Å²) in [7, 11) is 0. The molecule has 0 atom stereocenters. The standard InChI is InChI=1S/C22H26N2O3/c25-18-10-14-23(15-11-18)21(26)17-8-12-24(13-9-17)22(27)20-7-3-5-16-4-1-2-6-19(16)20/h1-7,17-18,25H,8-15H2. The highest BCUT2D eigenvalue weighted by molar-refractivity contribution is 6.07. The number of likely N-dealkylation sites (tertiary alicyclic amines) is 2. The monoisotopic (exact) mass is 366 g/mol. The Morgan fingerprint density at radius 2 is 1.44 bits per heavy atom. The second kappa shape index (κ2) is 7.69. The number of aliphatic hydroxyl groups excluding tert-OH is 1. The molecule has 0 aromatic heterocycles. The third-order valence-electron chi connectivity index (χ3n) is 5.93. The van der Waals surface area contributed by atoms with Gasteiger partial charge >= 0.3 is 0 Å². The van der Waals surface area contributed by atoms with Crippen LogP contribution in [0.2, 0.25) is 0 Å². The second-order valence-corrected chi connectivity index (χ2v) is 7.65. The Hall–Kier alpha value is -2.40. The van der Waals surface area contributed by atoms with Crippen molar-refractivity contribution in [1.82, 2.24) is 9.80 Å². The summed E-state index contributed by atoms with van der Waals surface area (Å²) in [6.07, 6.45) is 2.51. The van der Waals surface area contributed by atoms with E-state index in [0.29, 0.717) is 51.9 Å². The van der Waals surface area contributed by atoms with Crippen LogP contribution in [0.25, 0.3) is 10.8 Å². The molecular weight excluding hydrogens is 340 g/mol. The summed E-state index contributed by atoms with van der Waals surface area (Å²) in [6.45, 7) is 2.54. The highest BCUT2D eigenvalue weighted by Crippen LogP contribution is 2.25. The molecule has 1 N–H and O–H groups in total. The normalized spacial score (nSPS) is 19.4. The predicted molar refractivity (Wildman–Crippen MR) is 104 cm³/mol. The SMILES string of the molecule is O=C(c1cccc2ccccc12)N1CCC(C(=O)N2CCC(O)CC2)CC1. The quantitative estimate of drug-likeness (QED) is 0.889. The fourth-order valence-electron chi connectivity index (χ4n) is 4.26. The van der Waals surface area contributed by atoms with Gasteiger partial charge in [0.05, 0.1) is 6.10 Å². The average molecular weight is 366 g/mol. The zero-order valence-electron chi connectivity index (χ0n) is 15.5. The van der Waals surface area contributed by atoms with E-state index in [1.54, 1.807) is 0 Å². The van der Waals surface area contributed by atoms with Gasteiger partial charge in [0.25, 0.3) is 5.91 Å². The smallest absolute Gasteiger partial charge is 0.254 e. The molecule has 0 spiro atoms. The van der Waals surface area contributed by atoms with Crippen LogP contribution >= 0.6 is 0 Å². The lowest BCUT2D eigenvalue weighted by Crippen LogP contribution is -2.47. The van der Waals surface area contributed by atoms with Crippen LogP contribution in [0.4, 0.5) is 0 Å². The van der Waals surface area contributed by atoms with Crippen LogP contribution in [0.15, 0.2) is 42.5 Å². The van der Waals surface area contributed by atoms with E-state index in [-0.39, 0.29) is 23.8 Å². The summed E-state index contributed by atoms with van der Waals surface area (Å²) in [5.74, 6) is 0.245. The zero-order valence-corrected chi connectivity index (χ0v) is 15.5. The Labute approximate surface area is 159 Å². The second-order valence-electron chi connectivity index (χ2n) is 7.65. The number of nitrogens with zero attached hydrogens (tertiary/aromatic N) is 2. The van der Waals surface area contributed by atoms with Crippen molar-refractivity contribution < 1.29 is 14.7 Å². The first-order chi connectivity index (χ1) is 13.1. The number of rotatable bonds is 2. The van der Waals surface area contributed by atoms with Gasteiger partial charge < -0.3 is 14.9 Å². The number of piperidine rings is 2. The Kier molecular flexibility index (Phi) is 5.12. The van der Waals surface area contributed by atoms with Crippen molar-refractivity contribution in [2.45, 2.75) is 31.8 Å². The minimum Gasteiger partial charge on any atom is -0.393 e. The molecule has 2 aliphatic rings. The van der Waals surface area contributed by atoms with Crippen molar-refractivity contribution in [3.63, 3.8) is 0 Å². The molecule has 0 bridgehead atoms. The van der Waals surface area contributed by atoms with E-state index in [1.807, 2.05) is 52.3 Å². The fraction of sp³-hybridized carbons (Fsp3) is 0.455. The minimum absolute atomic E-state index is 0.00295. The molecule has 142 valence electrons. The molecule has 2 aromatic carbocycles.